The highest BCUT2D eigenvalue weighted by Gasteiger charge is 2.29. The van der Waals surface area contributed by atoms with Crippen molar-refractivity contribution in [3.05, 3.63) is 51.4 Å². The van der Waals surface area contributed by atoms with E-state index in [1.54, 1.807) is 11.9 Å². The van der Waals surface area contributed by atoms with Gasteiger partial charge in [0, 0.05) is 38.2 Å². The molecule has 0 radical (unpaired) electrons. The summed E-state index contributed by atoms with van der Waals surface area (Å²) in [5.74, 6) is -1.61. The third-order valence-electron chi connectivity index (χ3n) is 5.35. The minimum Gasteiger partial charge on any atom is -0.369 e. The molecule has 2 heterocycles. The Morgan fingerprint density at radius 2 is 1.90 bits per heavy atom. The molecule has 3 rings (SSSR count). The van der Waals surface area contributed by atoms with Gasteiger partial charge in [-0.3, -0.25) is 9.59 Å². The summed E-state index contributed by atoms with van der Waals surface area (Å²) in [6.07, 6.45) is 2.68. The van der Waals surface area contributed by atoms with Crippen molar-refractivity contribution < 1.29 is 13.6 Å². The lowest BCUT2D eigenvalue weighted by Gasteiger charge is -2.35. The number of halogens is 3. The van der Waals surface area contributed by atoms with E-state index >= 15 is 0 Å². The molecule has 0 unspecified atom stereocenters. The number of nitrogens with zero attached hydrogens (tertiary/aromatic N) is 4. The molecular formula is C20H23ClF2N4O2. The Balaban J connectivity index is 1.79. The zero-order valence-electron chi connectivity index (χ0n) is 16.5. The lowest BCUT2D eigenvalue weighted by molar-refractivity contribution is -0.136. The minimum absolute atomic E-state index is 0.0703. The number of piperidine rings is 1. The van der Waals surface area contributed by atoms with Gasteiger partial charge >= 0.3 is 0 Å². The highest BCUT2D eigenvalue weighted by molar-refractivity contribution is 6.33. The molecule has 6 nitrogen and oxygen atoms in total. The standard InChI is InChI=1S/C20H23ClF2N4O2/c1-12(2)25(3)19(28)13-6-8-26(9-7-13)17-11-24-27(20(29)18(17)21)16-5-4-14(22)10-15(16)23/h4-5,10-13H,6-9H2,1-3H3. The number of aromatic nitrogens is 2. The second kappa shape index (κ2) is 8.49. The number of hydrogen-bond donors (Lipinski definition) is 0. The molecule has 1 amide bonds. The van der Waals surface area contributed by atoms with E-state index < -0.39 is 17.2 Å². The third kappa shape index (κ3) is 4.27. The monoisotopic (exact) mass is 424 g/mol. The van der Waals surface area contributed by atoms with E-state index in [4.69, 9.17) is 11.6 Å². The zero-order valence-corrected chi connectivity index (χ0v) is 17.3. The van der Waals surface area contributed by atoms with E-state index in [1.165, 1.54) is 6.20 Å². The predicted molar refractivity (Wildman–Crippen MR) is 108 cm³/mol. The first-order valence-corrected chi connectivity index (χ1v) is 9.83. The Morgan fingerprint density at radius 1 is 1.24 bits per heavy atom. The number of hydrogen-bond acceptors (Lipinski definition) is 4. The van der Waals surface area contributed by atoms with Crippen molar-refractivity contribution in [2.24, 2.45) is 5.92 Å². The van der Waals surface area contributed by atoms with Crippen LogP contribution in [0.3, 0.4) is 0 Å². The molecule has 1 aliphatic rings. The molecule has 9 heteroatoms. The number of carbonyl (C=O) groups is 1. The number of carbonyl (C=O) groups excluding carboxylic acids is 1. The van der Waals surface area contributed by atoms with Crippen LogP contribution < -0.4 is 10.5 Å². The van der Waals surface area contributed by atoms with E-state index in [-0.39, 0.29) is 28.6 Å². The van der Waals surface area contributed by atoms with Gasteiger partial charge in [-0.1, -0.05) is 11.6 Å². The maximum atomic E-state index is 14.0. The predicted octanol–water partition coefficient (Wildman–Crippen LogP) is 3.25. The second-order valence-electron chi connectivity index (χ2n) is 7.46. The average Bonchev–Trinajstić information content (AvgIpc) is 2.69. The van der Waals surface area contributed by atoms with Gasteiger partial charge in [-0.2, -0.15) is 9.78 Å². The van der Waals surface area contributed by atoms with Crippen LogP contribution >= 0.6 is 11.6 Å². The molecule has 0 saturated carbocycles. The van der Waals surface area contributed by atoms with Gasteiger partial charge in [-0.15, -0.1) is 0 Å². The second-order valence-corrected chi connectivity index (χ2v) is 7.84. The van der Waals surface area contributed by atoms with Crippen molar-refractivity contribution in [2.45, 2.75) is 32.7 Å². The van der Waals surface area contributed by atoms with Gasteiger partial charge in [0.25, 0.3) is 5.56 Å². The van der Waals surface area contributed by atoms with Crippen molar-refractivity contribution in [1.82, 2.24) is 14.7 Å². The summed E-state index contributed by atoms with van der Waals surface area (Å²) < 4.78 is 28.0. The molecule has 1 aromatic carbocycles. The maximum absolute atomic E-state index is 14.0. The molecular weight excluding hydrogens is 402 g/mol. The fourth-order valence-electron chi connectivity index (χ4n) is 3.38. The van der Waals surface area contributed by atoms with Gasteiger partial charge in [-0.25, -0.2) is 8.78 Å². The lowest BCUT2D eigenvalue weighted by Crippen LogP contribution is -2.43. The quantitative estimate of drug-likeness (QED) is 0.756. The van der Waals surface area contributed by atoms with Crippen LogP contribution in [0.15, 0.2) is 29.2 Å². The first kappa shape index (κ1) is 21.2. The van der Waals surface area contributed by atoms with Gasteiger partial charge in [0.2, 0.25) is 5.91 Å². The summed E-state index contributed by atoms with van der Waals surface area (Å²) in [5.41, 5.74) is -0.420. The first-order valence-electron chi connectivity index (χ1n) is 9.45. The fraction of sp³-hybridized carbons (Fsp3) is 0.450. The van der Waals surface area contributed by atoms with Crippen molar-refractivity contribution in [3.63, 3.8) is 0 Å². The molecule has 29 heavy (non-hydrogen) atoms. The van der Waals surface area contributed by atoms with Gasteiger partial charge in [0.05, 0.1) is 11.9 Å². The van der Waals surface area contributed by atoms with Crippen molar-refractivity contribution in [1.29, 1.82) is 0 Å². The largest absolute Gasteiger partial charge is 0.369 e. The van der Waals surface area contributed by atoms with E-state index in [9.17, 15) is 18.4 Å². The van der Waals surface area contributed by atoms with Gasteiger partial charge in [0.15, 0.2) is 5.82 Å². The molecule has 0 atom stereocenters. The minimum atomic E-state index is -0.906. The Morgan fingerprint density at radius 3 is 2.48 bits per heavy atom. The van der Waals surface area contributed by atoms with Gasteiger partial charge < -0.3 is 9.80 Å². The van der Waals surface area contributed by atoms with Gasteiger partial charge in [-0.05, 0) is 38.8 Å². The van der Waals surface area contributed by atoms with E-state index in [0.29, 0.717) is 37.7 Å². The maximum Gasteiger partial charge on any atom is 0.292 e. The van der Waals surface area contributed by atoms with E-state index in [2.05, 4.69) is 5.10 Å². The topological polar surface area (TPSA) is 58.4 Å². The smallest absolute Gasteiger partial charge is 0.292 e. The van der Waals surface area contributed by atoms with E-state index in [1.807, 2.05) is 18.7 Å². The van der Waals surface area contributed by atoms with Crippen LogP contribution in [0.25, 0.3) is 5.69 Å². The zero-order chi connectivity index (χ0) is 21.3. The summed E-state index contributed by atoms with van der Waals surface area (Å²) in [6.45, 7) is 5.05. The molecule has 2 aromatic rings. The van der Waals surface area contributed by atoms with Crippen LogP contribution in [0.1, 0.15) is 26.7 Å². The molecule has 156 valence electrons. The molecule has 1 saturated heterocycles. The van der Waals surface area contributed by atoms with Crippen LogP contribution in [0.2, 0.25) is 5.02 Å². The van der Waals surface area contributed by atoms with Crippen molar-refractivity contribution in [2.75, 3.05) is 25.0 Å². The first-order chi connectivity index (χ1) is 13.7. The molecule has 0 bridgehead atoms. The van der Waals surface area contributed by atoms with Crippen molar-refractivity contribution >= 4 is 23.2 Å². The van der Waals surface area contributed by atoms with Crippen molar-refractivity contribution in [3.8, 4) is 5.69 Å². The molecule has 1 fully saturated rings. The summed E-state index contributed by atoms with van der Waals surface area (Å²) in [6, 6.07) is 3.00. The molecule has 0 aliphatic carbocycles. The summed E-state index contributed by atoms with van der Waals surface area (Å²) >= 11 is 6.27. The summed E-state index contributed by atoms with van der Waals surface area (Å²) in [7, 11) is 1.80. The van der Waals surface area contributed by atoms with Crippen LogP contribution in [0.5, 0.6) is 0 Å². The number of anilines is 1. The summed E-state index contributed by atoms with van der Waals surface area (Å²) in [4.78, 5) is 28.8. The SMILES string of the molecule is CC(C)N(C)C(=O)C1CCN(c2cnn(-c3ccc(F)cc3F)c(=O)c2Cl)CC1. The molecule has 1 aliphatic heterocycles. The number of amides is 1. The molecule has 1 aromatic heterocycles. The van der Waals surface area contributed by atoms with Crippen LogP contribution in [-0.4, -0.2) is 46.8 Å². The van der Waals surface area contributed by atoms with E-state index in [0.717, 1.165) is 16.8 Å². The van der Waals surface area contributed by atoms with Crippen LogP contribution in [-0.2, 0) is 4.79 Å². The Kier molecular flexibility index (Phi) is 6.21. The average molecular weight is 425 g/mol. The third-order valence-corrected chi connectivity index (χ3v) is 5.70. The fourth-order valence-corrected chi connectivity index (χ4v) is 3.63. The highest BCUT2D eigenvalue weighted by atomic mass is 35.5. The molecule has 0 N–H and O–H groups in total. The Labute approximate surface area is 172 Å². The Bertz CT molecular complexity index is 971. The summed E-state index contributed by atoms with van der Waals surface area (Å²) in [5, 5.41) is 3.93. The van der Waals surface area contributed by atoms with Crippen LogP contribution in [0, 0.1) is 17.6 Å². The lowest BCUT2D eigenvalue weighted by atomic mass is 9.94. The number of rotatable bonds is 4. The van der Waals surface area contributed by atoms with Gasteiger partial charge in [0.1, 0.15) is 16.5 Å². The van der Waals surface area contributed by atoms with Crippen LogP contribution in [0.4, 0.5) is 14.5 Å². The highest BCUT2D eigenvalue weighted by Crippen LogP contribution is 2.28. The molecule has 0 spiro atoms. The Hall–Kier alpha value is -2.48. The number of benzene rings is 1. The normalized spacial score (nSPS) is 15.1.